The summed E-state index contributed by atoms with van der Waals surface area (Å²) in [5.41, 5.74) is 5.91. The minimum atomic E-state index is 0.289. The molecule has 0 aromatic rings. The Hall–Kier alpha value is -0.550. The second kappa shape index (κ2) is 4.35. The summed E-state index contributed by atoms with van der Waals surface area (Å²) in [7, 11) is 0. The number of hydrogen-bond donors (Lipinski definition) is 1. The van der Waals surface area contributed by atoms with Gasteiger partial charge in [0.25, 0.3) is 0 Å². The fourth-order valence-corrected chi connectivity index (χ4v) is 1.78. The lowest BCUT2D eigenvalue weighted by atomic mass is 9.93. The third-order valence-electron chi connectivity index (χ3n) is 2.57. The molecule has 0 unspecified atom stereocenters. The van der Waals surface area contributed by atoms with Crippen molar-refractivity contribution in [1.29, 1.82) is 5.26 Å². The van der Waals surface area contributed by atoms with E-state index in [1.165, 1.54) is 19.3 Å². The Morgan fingerprint density at radius 1 is 1.27 bits per heavy atom. The fourth-order valence-electron chi connectivity index (χ4n) is 1.78. The Labute approximate surface area is 68.4 Å². The van der Waals surface area contributed by atoms with Crippen molar-refractivity contribution in [1.82, 2.24) is 0 Å². The summed E-state index contributed by atoms with van der Waals surface area (Å²) in [4.78, 5) is 0. The highest BCUT2D eigenvalue weighted by Gasteiger charge is 2.19. The molecule has 1 saturated carbocycles. The van der Waals surface area contributed by atoms with Crippen LogP contribution in [0.4, 0.5) is 0 Å². The van der Waals surface area contributed by atoms with Crippen molar-refractivity contribution in [2.45, 2.75) is 44.6 Å². The monoisotopic (exact) mass is 152 g/mol. The summed E-state index contributed by atoms with van der Waals surface area (Å²) in [5.74, 6) is 0.475. The summed E-state index contributed by atoms with van der Waals surface area (Å²) in [6.45, 7) is 0. The molecule has 2 atom stereocenters. The maximum absolute atomic E-state index is 8.52. The first-order chi connectivity index (χ1) is 5.34. The van der Waals surface area contributed by atoms with Crippen LogP contribution in [0.25, 0.3) is 0 Å². The van der Waals surface area contributed by atoms with Crippen LogP contribution >= 0.6 is 0 Å². The average Bonchev–Trinajstić information content (AvgIpc) is 2.18. The number of rotatable bonds is 1. The summed E-state index contributed by atoms with van der Waals surface area (Å²) in [6.07, 6.45) is 6.75. The molecule has 0 aliphatic heterocycles. The van der Waals surface area contributed by atoms with Gasteiger partial charge in [0.1, 0.15) is 0 Å². The molecule has 0 spiro atoms. The average molecular weight is 152 g/mol. The smallest absolute Gasteiger partial charge is 0.0625 e. The van der Waals surface area contributed by atoms with Gasteiger partial charge in [0.15, 0.2) is 0 Å². The van der Waals surface area contributed by atoms with Crippen molar-refractivity contribution in [3.63, 3.8) is 0 Å². The molecule has 0 radical (unpaired) electrons. The van der Waals surface area contributed by atoms with Gasteiger partial charge in [-0.2, -0.15) is 5.26 Å². The Morgan fingerprint density at radius 3 is 2.73 bits per heavy atom. The van der Waals surface area contributed by atoms with Crippen LogP contribution in [0, 0.1) is 17.2 Å². The highest BCUT2D eigenvalue weighted by molar-refractivity contribution is 4.84. The van der Waals surface area contributed by atoms with Crippen LogP contribution < -0.4 is 5.73 Å². The molecule has 1 aliphatic carbocycles. The lowest BCUT2D eigenvalue weighted by Gasteiger charge is -2.17. The third kappa shape index (κ3) is 2.51. The number of nitriles is 1. The molecule has 0 aromatic carbocycles. The minimum Gasteiger partial charge on any atom is -0.327 e. The number of hydrogen-bond acceptors (Lipinski definition) is 2. The SMILES string of the molecule is N#CC[C@H]1CCCCC[C@@H]1N. The van der Waals surface area contributed by atoms with Crippen molar-refractivity contribution < 1.29 is 0 Å². The zero-order valence-electron chi connectivity index (χ0n) is 6.92. The molecule has 1 fully saturated rings. The van der Waals surface area contributed by atoms with E-state index >= 15 is 0 Å². The second-order valence-electron chi connectivity index (χ2n) is 3.42. The molecular weight excluding hydrogens is 136 g/mol. The van der Waals surface area contributed by atoms with Crippen molar-refractivity contribution in [3.8, 4) is 6.07 Å². The van der Waals surface area contributed by atoms with E-state index in [0.717, 1.165) is 12.8 Å². The molecule has 1 aliphatic rings. The van der Waals surface area contributed by atoms with E-state index in [2.05, 4.69) is 6.07 Å². The van der Waals surface area contributed by atoms with Gasteiger partial charge in [0.2, 0.25) is 0 Å². The van der Waals surface area contributed by atoms with Crippen molar-refractivity contribution in [2.75, 3.05) is 0 Å². The van der Waals surface area contributed by atoms with E-state index in [9.17, 15) is 0 Å². The van der Waals surface area contributed by atoms with E-state index in [0.29, 0.717) is 12.3 Å². The van der Waals surface area contributed by atoms with Gasteiger partial charge in [-0.25, -0.2) is 0 Å². The van der Waals surface area contributed by atoms with E-state index in [1.807, 2.05) is 0 Å². The van der Waals surface area contributed by atoms with Gasteiger partial charge in [-0.05, 0) is 18.8 Å². The predicted molar refractivity (Wildman–Crippen MR) is 44.8 cm³/mol. The van der Waals surface area contributed by atoms with Gasteiger partial charge in [0, 0.05) is 12.5 Å². The van der Waals surface area contributed by atoms with Crippen LogP contribution in [0.1, 0.15) is 38.5 Å². The maximum atomic E-state index is 8.52. The highest BCUT2D eigenvalue weighted by atomic mass is 14.6. The standard InChI is InChI=1S/C9H16N2/c10-7-6-8-4-2-1-3-5-9(8)11/h8-9H,1-6,11H2/t8-,9+/m1/s1. The lowest BCUT2D eigenvalue weighted by molar-refractivity contribution is 0.405. The quantitative estimate of drug-likeness (QED) is 0.582. The van der Waals surface area contributed by atoms with Crippen LogP contribution in [0.15, 0.2) is 0 Å². The maximum Gasteiger partial charge on any atom is 0.0625 e. The molecular formula is C9H16N2. The molecule has 2 nitrogen and oxygen atoms in total. The number of nitrogens with zero attached hydrogens (tertiary/aromatic N) is 1. The normalized spacial score (nSPS) is 32.4. The first-order valence-electron chi connectivity index (χ1n) is 4.47. The van der Waals surface area contributed by atoms with Crippen molar-refractivity contribution in [2.24, 2.45) is 11.7 Å². The van der Waals surface area contributed by atoms with Crippen LogP contribution in [0.3, 0.4) is 0 Å². The largest absolute Gasteiger partial charge is 0.327 e. The third-order valence-corrected chi connectivity index (χ3v) is 2.57. The summed E-state index contributed by atoms with van der Waals surface area (Å²) in [5, 5.41) is 8.52. The molecule has 1 rings (SSSR count). The Bertz CT molecular complexity index is 148. The molecule has 0 bridgehead atoms. The van der Waals surface area contributed by atoms with E-state index in [1.54, 1.807) is 0 Å². The molecule has 0 aromatic heterocycles. The Morgan fingerprint density at radius 2 is 2.00 bits per heavy atom. The van der Waals surface area contributed by atoms with Crippen molar-refractivity contribution in [3.05, 3.63) is 0 Å². The van der Waals surface area contributed by atoms with E-state index < -0.39 is 0 Å². The molecule has 2 heteroatoms. The fraction of sp³-hybridized carbons (Fsp3) is 0.889. The van der Waals surface area contributed by atoms with Gasteiger partial charge in [-0.15, -0.1) is 0 Å². The van der Waals surface area contributed by atoms with Gasteiger partial charge in [0.05, 0.1) is 6.07 Å². The predicted octanol–water partition coefficient (Wildman–Crippen LogP) is 1.81. The molecule has 0 amide bonds. The first kappa shape index (κ1) is 8.55. The van der Waals surface area contributed by atoms with Crippen LogP contribution in [0.2, 0.25) is 0 Å². The Balaban J connectivity index is 2.40. The van der Waals surface area contributed by atoms with Crippen molar-refractivity contribution >= 4 is 0 Å². The molecule has 11 heavy (non-hydrogen) atoms. The zero-order chi connectivity index (χ0) is 8.10. The van der Waals surface area contributed by atoms with Gasteiger partial charge in [-0.3, -0.25) is 0 Å². The van der Waals surface area contributed by atoms with Gasteiger partial charge < -0.3 is 5.73 Å². The topological polar surface area (TPSA) is 49.8 Å². The molecule has 62 valence electrons. The van der Waals surface area contributed by atoms with E-state index in [-0.39, 0.29) is 6.04 Å². The summed E-state index contributed by atoms with van der Waals surface area (Å²) < 4.78 is 0. The van der Waals surface area contributed by atoms with E-state index in [4.69, 9.17) is 11.0 Å². The molecule has 2 N–H and O–H groups in total. The molecule has 0 heterocycles. The van der Waals surface area contributed by atoms with Gasteiger partial charge in [-0.1, -0.05) is 19.3 Å². The summed E-state index contributed by atoms with van der Waals surface area (Å²) in [6, 6.07) is 2.50. The summed E-state index contributed by atoms with van der Waals surface area (Å²) >= 11 is 0. The highest BCUT2D eigenvalue weighted by Crippen LogP contribution is 2.24. The first-order valence-corrected chi connectivity index (χ1v) is 4.47. The second-order valence-corrected chi connectivity index (χ2v) is 3.42. The molecule has 0 saturated heterocycles. The number of nitrogens with two attached hydrogens (primary N) is 1. The lowest BCUT2D eigenvalue weighted by Crippen LogP contribution is -2.28. The van der Waals surface area contributed by atoms with Crippen LogP contribution in [0.5, 0.6) is 0 Å². The van der Waals surface area contributed by atoms with Crippen LogP contribution in [-0.4, -0.2) is 6.04 Å². The van der Waals surface area contributed by atoms with Crippen LogP contribution in [-0.2, 0) is 0 Å². The minimum absolute atomic E-state index is 0.289. The zero-order valence-corrected chi connectivity index (χ0v) is 6.92. The van der Waals surface area contributed by atoms with Gasteiger partial charge >= 0.3 is 0 Å². The Kier molecular flexibility index (Phi) is 3.38.